The first kappa shape index (κ1) is 16.7. The monoisotopic (exact) mass is 373 g/mol. The number of anilines is 2. The van der Waals surface area contributed by atoms with Crippen LogP contribution < -0.4 is 9.80 Å². The standard InChI is InChI=1S/C18H23N5S2/c1-12(2)10-14-11-25-17-15(14)16(20-13(3)21-17)22-5-7-23(8-6-22)18-19-4-9-24-18/h4,9,11-12H,5-8,10H2,1-3H3. The van der Waals surface area contributed by atoms with E-state index in [1.807, 2.05) is 18.5 Å². The molecule has 0 aliphatic carbocycles. The van der Waals surface area contributed by atoms with E-state index in [4.69, 9.17) is 4.98 Å². The Morgan fingerprint density at radius 1 is 1.08 bits per heavy atom. The third-order valence-electron chi connectivity index (χ3n) is 4.50. The molecule has 0 saturated carbocycles. The van der Waals surface area contributed by atoms with Gasteiger partial charge in [0.15, 0.2) is 5.13 Å². The van der Waals surface area contributed by atoms with Crippen molar-refractivity contribution in [1.82, 2.24) is 15.0 Å². The van der Waals surface area contributed by atoms with Gasteiger partial charge in [0.1, 0.15) is 16.5 Å². The zero-order chi connectivity index (χ0) is 17.4. The maximum Gasteiger partial charge on any atom is 0.185 e. The summed E-state index contributed by atoms with van der Waals surface area (Å²) in [6, 6.07) is 0. The van der Waals surface area contributed by atoms with Gasteiger partial charge in [-0.15, -0.1) is 22.7 Å². The molecule has 132 valence electrons. The Bertz CT molecular complexity index is 848. The number of rotatable bonds is 4. The smallest absolute Gasteiger partial charge is 0.185 e. The lowest BCUT2D eigenvalue weighted by atomic mass is 10.0. The fourth-order valence-corrected chi connectivity index (χ4v) is 5.08. The molecule has 1 aliphatic heterocycles. The van der Waals surface area contributed by atoms with Gasteiger partial charge in [-0.1, -0.05) is 13.8 Å². The molecule has 4 heterocycles. The molecule has 0 atom stereocenters. The number of piperazine rings is 1. The van der Waals surface area contributed by atoms with Crippen LogP contribution in [0.4, 0.5) is 10.9 Å². The quantitative estimate of drug-likeness (QED) is 0.692. The van der Waals surface area contributed by atoms with Crippen molar-refractivity contribution >= 4 is 43.8 Å². The van der Waals surface area contributed by atoms with Gasteiger partial charge in [0.25, 0.3) is 0 Å². The summed E-state index contributed by atoms with van der Waals surface area (Å²) in [5, 5.41) is 6.71. The molecule has 3 aromatic rings. The maximum absolute atomic E-state index is 4.84. The Hall–Kier alpha value is -1.73. The number of aromatic nitrogens is 3. The molecule has 25 heavy (non-hydrogen) atoms. The van der Waals surface area contributed by atoms with E-state index in [0.717, 1.165) is 54.2 Å². The molecular formula is C18H23N5S2. The van der Waals surface area contributed by atoms with Crippen molar-refractivity contribution in [3.63, 3.8) is 0 Å². The number of aryl methyl sites for hydroxylation is 1. The highest BCUT2D eigenvalue weighted by Gasteiger charge is 2.23. The van der Waals surface area contributed by atoms with Gasteiger partial charge in [0.05, 0.1) is 5.39 Å². The predicted molar refractivity (Wildman–Crippen MR) is 107 cm³/mol. The van der Waals surface area contributed by atoms with Crippen molar-refractivity contribution in [3.05, 3.63) is 28.3 Å². The van der Waals surface area contributed by atoms with Crippen molar-refractivity contribution in [3.8, 4) is 0 Å². The molecule has 0 radical (unpaired) electrons. The van der Waals surface area contributed by atoms with Crippen LogP contribution in [-0.2, 0) is 6.42 Å². The number of thiophene rings is 1. The average Bonchev–Trinajstić information content (AvgIpc) is 3.24. The number of hydrogen-bond acceptors (Lipinski definition) is 7. The van der Waals surface area contributed by atoms with Crippen molar-refractivity contribution in [1.29, 1.82) is 0 Å². The van der Waals surface area contributed by atoms with E-state index in [2.05, 4.69) is 39.0 Å². The van der Waals surface area contributed by atoms with E-state index in [1.54, 1.807) is 22.7 Å². The predicted octanol–water partition coefficient (Wildman–Crippen LogP) is 3.98. The zero-order valence-electron chi connectivity index (χ0n) is 14.9. The van der Waals surface area contributed by atoms with Crippen LogP contribution >= 0.6 is 22.7 Å². The Morgan fingerprint density at radius 3 is 2.52 bits per heavy atom. The van der Waals surface area contributed by atoms with E-state index in [9.17, 15) is 0 Å². The SMILES string of the molecule is Cc1nc(N2CCN(c3nccs3)CC2)c2c(CC(C)C)csc2n1. The maximum atomic E-state index is 4.84. The summed E-state index contributed by atoms with van der Waals surface area (Å²) in [5.41, 5.74) is 1.40. The minimum atomic E-state index is 0.633. The highest BCUT2D eigenvalue weighted by atomic mass is 32.1. The van der Waals surface area contributed by atoms with Crippen molar-refractivity contribution in [2.24, 2.45) is 5.92 Å². The number of nitrogens with zero attached hydrogens (tertiary/aromatic N) is 5. The number of thiazole rings is 1. The Kier molecular flexibility index (Phi) is 4.60. The molecule has 1 fully saturated rings. The van der Waals surface area contributed by atoms with Crippen LogP contribution in [0.1, 0.15) is 25.2 Å². The van der Waals surface area contributed by atoms with E-state index in [-0.39, 0.29) is 0 Å². The van der Waals surface area contributed by atoms with E-state index in [1.165, 1.54) is 10.9 Å². The molecule has 1 saturated heterocycles. The van der Waals surface area contributed by atoms with Crippen LogP contribution in [0.25, 0.3) is 10.2 Å². The molecule has 7 heteroatoms. The summed E-state index contributed by atoms with van der Waals surface area (Å²) >= 11 is 3.46. The highest BCUT2D eigenvalue weighted by molar-refractivity contribution is 7.17. The fourth-order valence-electron chi connectivity index (χ4n) is 3.39. The second-order valence-corrected chi connectivity index (χ2v) is 8.65. The molecule has 0 spiro atoms. The number of hydrogen-bond donors (Lipinski definition) is 0. The van der Waals surface area contributed by atoms with Gasteiger partial charge in [-0.25, -0.2) is 15.0 Å². The first-order valence-electron chi connectivity index (χ1n) is 8.76. The summed E-state index contributed by atoms with van der Waals surface area (Å²) < 4.78 is 0. The molecule has 0 aromatic carbocycles. The number of fused-ring (bicyclic) bond motifs is 1. The van der Waals surface area contributed by atoms with E-state index in [0.29, 0.717) is 5.92 Å². The summed E-state index contributed by atoms with van der Waals surface area (Å²) in [4.78, 5) is 19.9. The van der Waals surface area contributed by atoms with E-state index < -0.39 is 0 Å². The minimum absolute atomic E-state index is 0.633. The molecule has 4 rings (SSSR count). The molecule has 1 aliphatic rings. The van der Waals surface area contributed by atoms with Crippen LogP contribution in [0.15, 0.2) is 17.0 Å². The van der Waals surface area contributed by atoms with E-state index >= 15 is 0 Å². The third-order valence-corrected chi connectivity index (χ3v) is 6.25. The van der Waals surface area contributed by atoms with Gasteiger partial charge >= 0.3 is 0 Å². The highest BCUT2D eigenvalue weighted by Crippen LogP contribution is 2.34. The Morgan fingerprint density at radius 2 is 1.84 bits per heavy atom. The molecule has 3 aromatic heterocycles. The lowest BCUT2D eigenvalue weighted by Crippen LogP contribution is -2.47. The second kappa shape index (κ2) is 6.88. The van der Waals surface area contributed by atoms with Crippen molar-refractivity contribution in [2.75, 3.05) is 36.0 Å². The van der Waals surface area contributed by atoms with Crippen LogP contribution in [0.3, 0.4) is 0 Å². The molecule has 0 bridgehead atoms. The zero-order valence-corrected chi connectivity index (χ0v) is 16.5. The van der Waals surface area contributed by atoms with Crippen LogP contribution in [0.2, 0.25) is 0 Å². The first-order chi connectivity index (χ1) is 12.1. The van der Waals surface area contributed by atoms with Gasteiger partial charge in [0.2, 0.25) is 0 Å². The lowest BCUT2D eigenvalue weighted by molar-refractivity contribution is 0.642. The summed E-state index contributed by atoms with van der Waals surface area (Å²) in [6.07, 6.45) is 2.96. The van der Waals surface area contributed by atoms with Gasteiger partial charge in [-0.2, -0.15) is 0 Å². The average molecular weight is 374 g/mol. The molecular weight excluding hydrogens is 350 g/mol. The Labute approximate surface area is 156 Å². The Balaban J connectivity index is 1.63. The summed E-state index contributed by atoms with van der Waals surface area (Å²) in [7, 11) is 0. The normalized spacial score (nSPS) is 15.5. The minimum Gasteiger partial charge on any atom is -0.352 e. The topological polar surface area (TPSA) is 45.2 Å². The largest absolute Gasteiger partial charge is 0.352 e. The van der Waals surface area contributed by atoms with Crippen molar-refractivity contribution in [2.45, 2.75) is 27.2 Å². The first-order valence-corrected chi connectivity index (χ1v) is 10.5. The lowest BCUT2D eigenvalue weighted by Gasteiger charge is -2.35. The second-order valence-electron chi connectivity index (χ2n) is 6.92. The van der Waals surface area contributed by atoms with Gasteiger partial charge in [-0.3, -0.25) is 0 Å². The van der Waals surface area contributed by atoms with Crippen LogP contribution in [0, 0.1) is 12.8 Å². The molecule has 0 unspecified atom stereocenters. The van der Waals surface area contributed by atoms with Gasteiger partial charge in [0, 0.05) is 37.8 Å². The van der Waals surface area contributed by atoms with Crippen molar-refractivity contribution < 1.29 is 0 Å². The van der Waals surface area contributed by atoms with Gasteiger partial charge < -0.3 is 9.80 Å². The summed E-state index contributed by atoms with van der Waals surface area (Å²) in [5.74, 6) is 2.62. The third kappa shape index (κ3) is 3.35. The van der Waals surface area contributed by atoms with Gasteiger partial charge in [-0.05, 0) is 30.2 Å². The molecule has 0 N–H and O–H groups in total. The fraction of sp³-hybridized carbons (Fsp3) is 0.500. The molecule has 5 nitrogen and oxygen atoms in total. The van der Waals surface area contributed by atoms with Crippen LogP contribution in [-0.4, -0.2) is 41.1 Å². The summed E-state index contributed by atoms with van der Waals surface area (Å²) in [6.45, 7) is 10.5. The molecule has 0 amide bonds. The van der Waals surface area contributed by atoms with Crippen LogP contribution in [0.5, 0.6) is 0 Å².